The van der Waals surface area contributed by atoms with Crippen molar-refractivity contribution in [1.82, 2.24) is 10.2 Å². The third kappa shape index (κ3) is 6.87. The fraction of sp³-hybridized carbons (Fsp3) is 0.346. The van der Waals surface area contributed by atoms with Gasteiger partial charge in [-0.15, -0.1) is 0 Å². The summed E-state index contributed by atoms with van der Waals surface area (Å²) in [5.41, 5.74) is 1.26. The Morgan fingerprint density at radius 1 is 1.06 bits per heavy atom. The molecule has 0 saturated carbocycles. The highest BCUT2D eigenvalue weighted by atomic mass is 32.2. The summed E-state index contributed by atoms with van der Waals surface area (Å²) in [5.74, 6) is 0.411. The van der Waals surface area contributed by atoms with E-state index < -0.39 is 0 Å². The van der Waals surface area contributed by atoms with Gasteiger partial charge < -0.3 is 14.8 Å². The van der Waals surface area contributed by atoms with Gasteiger partial charge in [0.25, 0.3) is 17.1 Å². The van der Waals surface area contributed by atoms with Gasteiger partial charge in [0.1, 0.15) is 0 Å². The topological polar surface area (TPSA) is 84.9 Å². The van der Waals surface area contributed by atoms with E-state index in [0.29, 0.717) is 28.6 Å². The molecule has 1 N–H and O–H groups in total. The minimum Gasteiger partial charge on any atom is -0.493 e. The Morgan fingerprint density at radius 2 is 1.85 bits per heavy atom. The minimum absolute atomic E-state index is 0.0959. The first-order valence-electron chi connectivity index (χ1n) is 11.4. The van der Waals surface area contributed by atoms with Gasteiger partial charge in [-0.05, 0) is 48.0 Å². The van der Waals surface area contributed by atoms with E-state index in [2.05, 4.69) is 12.2 Å². The Bertz CT molecular complexity index is 1040. The van der Waals surface area contributed by atoms with Gasteiger partial charge in [0, 0.05) is 18.7 Å². The zero-order valence-electron chi connectivity index (χ0n) is 19.5. The molecule has 2 aromatic rings. The molecule has 1 aliphatic rings. The van der Waals surface area contributed by atoms with Gasteiger partial charge >= 0.3 is 0 Å². The molecule has 0 aliphatic carbocycles. The van der Waals surface area contributed by atoms with Crippen molar-refractivity contribution in [3.63, 3.8) is 0 Å². The van der Waals surface area contributed by atoms with Crippen LogP contribution in [0.3, 0.4) is 0 Å². The summed E-state index contributed by atoms with van der Waals surface area (Å²) in [6.45, 7) is 3.00. The average Bonchev–Trinajstić information content (AvgIpc) is 3.11. The van der Waals surface area contributed by atoms with Crippen molar-refractivity contribution in [2.24, 2.45) is 0 Å². The van der Waals surface area contributed by atoms with E-state index in [1.54, 1.807) is 24.3 Å². The van der Waals surface area contributed by atoms with Crippen LogP contribution in [0.2, 0.25) is 0 Å². The van der Waals surface area contributed by atoms with Crippen LogP contribution in [0, 0.1) is 0 Å². The largest absolute Gasteiger partial charge is 0.493 e. The van der Waals surface area contributed by atoms with E-state index in [4.69, 9.17) is 9.47 Å². The van der Waals surface area contributed by atoms with Gasteiger partial charge in [-0.1, -0.05) is 56.5 Å². The number of hydrogen-bond acceptors (Lipinski definition) is 6. The number of hydrogen-bond donors (Lipinski definition) is 1. The molecule has 1 saturated heterocycles. The van der Waals surface area contributed by atoms with E-state index in [1.807, 2.05) is 30.3 Å². The molecular weight excluding hydrogens is 452 g/mol. The highest BCUT2D eigenvalue weighted by molar-refractivity contribution is 8.18. The second-order valence-electron chi connectivity index (χ2n) is 7.77. The third-order valence-corrected chi connectivity index (χ3v) is 6.18. The first-order chi connectivity index (χ1) is 16.5. The Kier molecular flexibility index (Phi) is 9.58. The average molecular weight is 483 g/mol. The molecule has 0 bridgehead atoms. The molecule has 0 spiro atoms. The minimum atomic E-state index is -0.352. The standard InChI is InChI=1S/C26H30N2O5S/c1-3-4-5-9-16-33-21-13-12-20(18-22(21)32-2)24(29)27-14-15-28-25(30)23(34-26(28)31)17-19-10-7-6-8-11-19/h6-8,10-13,17-18H,3-5,9,14-16H2,1-2H3,(H,27,29). The fourth-order valence-electron chi connectivity index (χ4n) is 3.42. The number of amides is 3. The zero-order valence-corrected chi connectivity index (χ0v) is 20.4. The van der Waals surface area contributed by atoms with E-state index in [9.17, 15) is 14.4 Å². The summed E-state index contributed by atoms with van der Waals surface area (Å²) < 4.78 is 11.2. The number of nitrogens with one attached hydrogen (secondary N) is 1. The number of carbonyl (C=O) groups excluding carboxylic acids is 3. The maximum Gasteiger partial charge on any atom is 0.293 e. The molecule has 7 nitrogen and oxygen atoms in total. The lowest BCUT2D eigenvalue weighted by molar-refractivity contribution is -0.122. The van der Waals surface area contributed by atoms with Crippen molar-refractivity contribution in [3.05, 3.63) is 64.6 Å². The van der Waals surface area contributed by atoms with Gasteiger partial charge in [-0.2, -0.15) is 0 Å². The second-order valence-corrected chi connectivity index (χ2v) is 8.77. The molecule has 180 valence electrons. The summed E-state index contributed by atoms with van der Waals surface area (Å²) >= 11 is 0.904. The van der Waals surface area contributed by atoms with Crippen molar-refractivity contribution >= 4 is 34.9 Å². The molecule has 3 amide bonds. The van der Waals surface area contributed by atoms with Crippen molar-refractivity contribution in [2.45, 2.75) is 32.6 Å². The molecule has 0 unspecified atom stereocenters. The van der Waals surface area contributed by atoms with Crippen LogP contribution in [0.25, 0.3) is 6.08 Å². The number of rotatable bonds is 12. The summed E-state index contributed by atoms with van der Waals surface area (Å²) in [4.78, 5) is 39.0. The first kappa shape index (κ1) is 25.4. The summed E-state index contributed by atoms with van der Waals surface area (Å²) in [6, 6.07) is 14.4. The van der Waals surface area contributed by atoms with Crippen molar-refractivity contribution in [1.29, 1.82) is 0 Å². The van der Waals surface area contributed by atoms with Gasteiger partial charge in [0.05, 0.1) is 18.6 Å². The molecule has 1 fully saturated rings. The number of thioether (sulfide) groups is 1. The van der Waals surface area contributed by atoms with Crippen LogP contribution in [-0.2, 0) is 4.79 Å². The molecule has 2 aromatic carbocycles. The molecule has 34 heavy (non-hydrogen) atoms. The lowest BCUT2D eigenvalue weighted by atomic mass is 10.2. The monoisotopic (exact) mass is 482 g/mol. The summed E-state index contributed by atoms with van der Waals surface area (Å²) in [5, 5.41) is 2.41. The van der Waals surface area contributed by atoms with E-state index in [-0.39, 0.29) is 30.1 Å². The third-order valence-electron chi connectivity index (χ3n) is 5.27. The maximum atomic E-state index is 12.6. The van der Waals surface area contributed by atoms with E-state index >= 15 is 0 Å². The van der Waals surface area contributed by atoms with Crippen molar-refractivity contribution in [3.8, 4) is 11.5 Å². The summed E-state index contributed by atoms with van der Waals surface area (Å²) in [6.07, 6.45) is 6.12. The van der Waals surface area contributed by atoms with Crippen LogP contribution >= 0.6 is 11.8 Å². The van der Waals surface area contributed by atoms with Gasteiger partial charge in [-0.25, -0.2) is 0 Å². The molecular formula is C26H30N2O5S. The van der Waals surface area contributed by atoms with Crippen LogP contribution in [0.15, 0.2) is 53.4 Å². The van der Waals surface area contributed by atoms with Crippen molar-refractivity contribution < 1.29 is 23.9 Å². The van der Waals surface area contributed by atoms with Crippen LogP contribution in [0.5, 0.6) is 11.5 Å². The molecule has 1 aliphatic heterocycles. The molecule has 0 radical (unpaired) electrons. The Morgan fingerprint density at radius 3 is 2.59 bits per heavy atom. The first-order valence-corrected chi connectivity index (χ1v) is 12.2. The van der Waals surface area contributed by atoms with Crippen LogP contribution in [0.1, 0.15) is 48.5 Å². The Labute approximate surface area is 204 Å². The van der Waals surface area contributed by atoms with Gasteiger partial charge in [-0.3, -0.25) is 19.3 Å². The molecule has 1 heterocycles. The lowest BCUT2D eigenvalue weighted by Gasteiger charge is -2.14. The smallest absolute Gasteiger partial charge is 0.293 e. The highest BCUT2D eigenvalue weighted by Crippen LogP contribution is 2.32. The molecule has 3 rings (SSSR count). The van der Waals surface area contributed by atoms with Gasteiger partial charge in [0.15, 0.2) is 11.5 Å². The van der Waals surface area contributed by atoms with Crippen LogP contribution < -0.4 is 14.8 Å². The Hall–Kier alpha value is -3.26. The number of carbonyl (C=O) groups is 3. The number of nitrogens with zero attached hydrogens (tertiary/aromatic N) is 1. The van der Waals surface area contributed by atoms with E-state index in [0.717, 1.165) is 41.5 Å². The summed E-state index contributed by atoms with van der Waals surface area (Å²) in [7, 11) is 1.53. The quantitative estimate of drug-likeness (QED) is 0.334. The van der Waals surface area contributed by atoms with Crippen LogP contribution in [-0.4, -0.2) is 48.8 Å². The normalized spacial score (nSPS) is 14.5. The number of benzene rings is 2. The fourth-order valence-corrected chi connectivity index (χ4v) is 4.28. The predicted octanol–water partition coefficient (Wildman–Crippen LogP) is 5.12. The van der Waals surface area contributed by atoms with Gasteiger partial charge in [0.2, 0.25) is 0 Å². The lowest BCUT2D eigenvalue weighted by Crippen LogP contribution is -2.37. The number of unbranched alkanes of at least 4 members (excludes halogenated alkanes) is 3. The Balaban J connectivity index is 1.52. The second kappa shape index (κ2) is 12.8. The zero-order chi connectivity index (χ0) is 24.3. The molecule has 8 heteroatoms. The van der Waals surface area contributed by atoms with Crippen LogP contribution in [0.4, 0.5) is 4.79 Å². The number of methoxy groups -OCH3 is 1. The predicted molar refractivity (Wildman–Crippen MR) is 134 cm³/mol. The highest BCUT2D eigenvalue weighted by Gasteiger charge is 2.34. The molecule has 0 aromatic heterocycles. The maximum absolute atomic E-state index is 12.6. The SMILES string of the molecule is CCCCCCOc1ccc(C(=O)NCCN2C(=O)SC(=Cc3ccccc3)C2=O)cc1OC. The molecule has 0 atom stereocenters. The van der Waals surface area contributed by atoms with Crippen molar-refractivity contribution in [2.75, 3.05) is 26.8 Å². The van der Waals surface area contributed by atoms with E-state index in [1.165, 1.54) is 13.5 Å². The number of imide groups is 1. The number of ether oxygens (including phenoxy) is 2.